The van der Waals surface area contributed by atoms with Crippen LogP contribution in [0.4, 0.5) is 5.69 Å². The molecule has 0 unspecified atom stereocenters. The lowest BCUT2D eigenvalue weighted by Crippen LogP contribution is -2.14. The van der Waals surface area contributed by atoms with Crippen molar-refractivity contribution in [1.82, 2.24) is 19.5 Å². The van der Waals surface area contributed by atoms with Gasteiger partial charge in [-0.05, 0) is 50.6 Å². The number of benzene rings is 2. The molecule has 4 aromatic rings. The minimum absolute atomic E-state index is 0.0677. The van der Waals surface area contributed by atoms with E-state index in [2.05, 4.69) is 20.3 Å². The Morgan fingerprint density at radius 1 is 1.00 bits per heavy atom. The highest BCUT2D eigenvalue weighted by Crippen LogP contribution is 2.24. The zero-order valence-electron chi connectivity index (χ0n) is 17.7. The van der Waals surface area contributed by atoms with E-state index in [4.69, 9.17) is 4.74 Å². The van der Waals surface area contributed by atoms with Gasteiger partial charge in [0.25, 0.3) is 0 Å². The van der Waals surface area contributed by atoms with E-state index < -0.39 is 0 Å². The van der Waals surface area contributed by atoms with Gasteiger partial charge in [0, 0.05) is 17.4 Å². The Balaban J connectivity index is 1.44. The van der Waals surface area contributed by atoms with Gasteiger partial charge in [0.05, 0.1) is 12.1 Å². The van der Waals surface area contributed by atoms with Crippen molar-refractivity contribution >= 4 is 11.6 Å². The fraction of sp³-hybridized carbons (Fsp3) is 0.167. The zero-order chi connectivity index (χ0) is 21.8. The van der Waals surface area contributed by atoms with E-state index in [1.807, 2.05) is 55.7 Å². The first-order valence-corrected chi connectivity index (χ1v) is 9.96. The third kappa shape index (κ3) is 4.95. The molecule has 2 aromatic heterocycles. The molecular weight excluding hydrogens is 390 g/mol. The van der Waals surface area contributed by atoms with Crippen LogP contribution < -0.4 is 10.1 Å². The van der Waals surface area contributed by atoms with Gasteiger partial charge in [-0.2, -0.15) is 4.98 Å². The maximum Gasteiger partial charge on any atom is 0.228 e. The third-order valence-corrected chi connectivity index (χ3v) is 4.87. The maximum atomic E-state index is 12.2. The molecule has 0 aliphatic rings. The van der Waals surface area contributed by atoms with Gasteiger partial charge >= 0.3 is 0 Å². The van der Waals surface area contributed by atoms with Gasteiger partial charge in [0.1, 0.15) is 23.7 Å². The number of aromatic nitrogens is 4. The predicted octanol–water partition coefficient (Wildman–Crippen LogP) is 4.56. The summed E-state index contributed by atoms with van der Waals surface area (Å²) in [6.45, 7) is 5.77. The fourth-order valence-corrected chi connectivity index (χ4v) is 3.14. The number of hydrogen-bond donors (Lipinski definition) is 1. The summed E-state index contributed by atoms with van der Waals surface area (Å²) in [5.41, 5.74) is 3.64. The minimum Gasteiger partial charge on any atom is -0.439 e. The molecule has 0 radical (unpaired) electrons. The van der Waals surface area contributed by atoms with Gasteiger partial charge in [0.15, 0.2) is 0 Å². The molecule has 156 valence electrons. The van der Waals surface area contributed by atoms with E-state index in [0.717, 1.165) is 17.0 Å². The molecule has 0 saturated carbocycles. The van der Waals surface area contributed by atoms with Crippen LogP contribution in [0, 0.1) is 20.8 Å². The minimum atomic E-state index is -0.0677. The van der Waals surface area contributed by atoms with E-state index >= 15 is 0 Å². The van der Waals surface area contributed by atoms with Crippen molar-refractivity contribution < 1.29 is 9.53 Å². The molecule has 4 rings (SSSR count). The second-order valence-corrected chi connectivity index (χ2v) is 7.23. The summed E-state index contributed by atoms with van der Waals surface area (Å²) in [6, 6.07) is 18.6. The molecule has 1 N–H and O–H groups in total. The van der Waals surface area contributed by atoms with Crippen LogP contribution in [0.15, 0.2) is 67.0 Å². The first-order chi connectivity index (χ1) is 15.0. The molecule has 7 nitrogen and oxygen atoms in total. The van der Waals surface area contributed by atoms with Gasteiger partial charge in [-0.3, -0.25) is 9.36 Å². The number of nitrogens with zero attached hydrogens (tertiary/aromatic N) is 4. The van der Waals surface area contributed by atoms with E-state index in [9.17, 15) is 4.79 Å². The summed E-state index contributed by atoms with van der Waals surface area (Å²) in [5, 5.41) is 2.90. The van der Waals surface area contributed by atoms with E-state index in [0.29, 0.717) is 35.4 Å². The van der Waals surface area contributed by atoms with Crippen molar-refractivity contribution in [2.75, 3.05) is 5.32 Å². The number of imidazole rings is 1. The summed E-state index contributed by atoms with van der Waals surface area (Å²) in [6.07, 6.45) is 2.07. The smallest absolute Gasteiger partial charge is 0.228 e. The highest BCUT2D eigenvalue weighted by Gasteiger charge is 2.10. The number of carbonyl (C=O) groups is 1. The Labute approximate surface area is 180 Å². The fourth-order valence-electron chi connectivity index (χ4n) is 3.14. The molecule has 2 heterocycles. The summed E-state index contributed by atoms with van der Waals surface area (Å²) < 4.78 is 7.83. The lowest BCUT2D eigenvalue weighted by Gasteiger charge is -2.10. The van der Waals surface area contributed by atoms with Crippen LogP contribution in [0.5, 0.6) is 11.6 Å². The Bertz CT molecular complexity index is 1200. The summed E-state index contributed by atoms with van der Waals surface area (Å²) in [4.78, 5) is 25.4. The van der Waals surface area contributed by atoms with E-state index in [1.54, 1.807) is 36.7 Å². The Kier molecular flexibility index (Phi) is 5.75. The molecule has 0 bridgehead atoms. The number of carbonyl (C=O) groups excluding carboxylic acids is 1. The topological polar surface area (TPSA) is 81.9 Å². The van der Waals surface area contributed by atoms with Gasteiger partial charge < -0.3 is 10.1 Å². The van der Waals surface area contributed by atoms with Crippen LogP contribution in [-0.4, -0.2) is 25.4 Å². The largest absolute Gasteiger partial charge is 0.439 e. The molecule has 31 heavy (non-hydrogen) atoms. The number of rotatable bonds is 6. The van der Waals surface area contributed by atoms with Gasteiger partial charge in [-0.25, -0.2) is 9.97 Å². The predicted molar refractivity (Wildman–Crippen MR) is 119 cm³/mol. The lowest BCUT2D eigenvalue weighted by molar-refractivity contribution is -0.115. The molecule has 0 aliphatic heterocycles. The van der Waals surface area contributed by atoms with Gasteiger partial charge in [0.2, 0.25) is 11.8 Å². The van der Waals surface area contributed by atoms with Crippen molar-refractivity contribution in [2.24, 2.45) is 0 Å². The molecule has 2 aromatic carbocycles. The quantitative estimate of drug-likeness (QED) is 0.501. The number of hydrogen-bond acceptors (Lipinski definition) is 5. The number of amides is 1. The summed E-state index contributed by atoms with van der Waals surface area (Å²) in [7, 11) is 0. The molecule has 1 amide bonds. The molecular formula is C24H23N5O2. The molecule has 0 saturated heterocycles. The standard InChI is InChI=1S/C24H23N5O2/c1-16-17(2)29(15-25-16)22-14-24(27-18(3)26-22)31-21-11-9-20(10-12-21)28-23(30)13-19-7-5-4-6-8-19/h4-12,14-15H,13H2,1-3H3,(H,28,30). The number of ether oxygens (including phenoxy) is 1. The van der Waals surface area contributed by atoms with Crippen LogP contribution in [0.3, 0.4) is 0 Å². The number of nitrogens with one attached hydrogen (secondary N) is 1. The molecule has 7 heteroatoms. The monoisotopic (exact) mass is 413 g/mol. The number of anilines is 1. The Morgan fingerprint density at radius 3 is 2.42 bits per heavy atom. The van der Waals surface area contributed by atoms with Gasteiger partial charge in [-0.1, -0.05) is 30.3 Å². The maximum absolute atomic E-state index is 12.2. The Morgan fingerprint density at radius 2 is 1.74 bits per heavy atom. The van der Waals surface area contributed by atoms with Crippen molar-refractivity contribution in [2.45, 2.75) is 27.2 Å². The zero-order valence-corrected chi connectivity index (χ0v) is 17.7. The third-order valence-electron chi connectivity index (χ3n) is 4.87. The average molecular weight is 413 g/mol. The van der Waals surface area contributed by atoms with Crippen molar-refractivity contribution in [3.63, 3.8) is 0 Å². The van der Waals surface area contributed by atoms with Crippen LogP contribution in [-0.2, 0) is 11.2 Å². The second-order valence-electron chi connectivity index (χ2n) is 7.23. The Hall–Kier alpha value is -4.00. The first kappa shape index (κ1) is 20.3. The van der Waals surface area contributed by atoms with Crippen molar-refractivity contribution in [3.05, 3.63) is 89.8 Å². The molecule has 0 aliphatic carbocycles. The molecule has 0 spiro atoms. The second kappa shape index (κ2) is 8.79. The van der Waals surface area contributed by atoms with Gasteiger partial charge in [-0.15, -0.1) is 0 Å². The summed E-state index contributed by atoms with van der Waals surface area (Å²) >= 11 is 0. The van der Waals surface area contributed by atoms with Crippen LogP contribution in [0.2, 0.25) is 0 Å². The highest BCUT2D eigenvalue weighted by atomic mass is 16.5. The van der Waals surface area contributed by atoms with Crippen molar-refractivity contribution in [3.8, 4) is 17.4 Å². The van der Waals surface area contributed by atoms with Crippen LogP contribution in [0.25, 0.3) is 5.82 Å². The number of aryl methyl sites for hydroxylation is 2. The normalized spacial score (nSPS) is 10.7. The van der Waals surface area contributed by atoms with E-state index in [-0.39, 0.29) is 5.91 Å². The van der Waals surface area contributed by atoms with Crippen molar-refractivity contribution in [1.29, 1.82) is 0 Å². The SMILES string of the molecule is Cc1nc(Oc2ccc(NC(=O)Cc3ccccc3)cc2)cc(-n2cnc(C)c2C)n1. The highest BCUT2D eigenvalue weighted by molar-refractivity contribution is 5.92. The average Bonchev–Trinajstić information content (AvgIpc) is 3.08. The lowest BCUT2D eigenvalue weighted by atomic mass is 10.1. The van der Waals surface area contributed by atoms with E-state index in [1.165, 1.54) is 0 Å². The summed E-state index contributed by atoms with van der Waals surface area (Å²) in [5.74, 6) is 2.29. The first-order valence-electron chi connectivity index (χ1n) is 9.96. The van der Waals surface area contributed by atoms with Crippen LogP contribution >= 0.6 is 0 Å². The molecule has 0 atom stereocenters. The molecule has 0 fully saturated rings. The van der Waals surface area contributed by atoms with Crippen LogP contribution in [0.1, 0.15) is 22.8 Å².